The van der Waals surface area contributed by atoms with Crippen LogP contribution in [0, 0.1) is 17.6 Å². The number of para-hydroxylation sites is 1. The molecule has 1 heterocycles. The van der Waals surface area contributed by atoms with Gasteiger partial charge in [-0.15, -0.1) is 0 Å². The summed E-state index contributed by atoms with van der Waals surface area (Å²) in [5, 5.41) is 2.78. The van der Waals surface area contributed by atoms with Gasteiger partial charge in [-0.2, -0.15) is 0 Å². The molecule has 0 aromatic heterocycles. The van der Waals surface area contributed by atoms with Gasteiger partial charge < -0.3 is 10.2 Å². The summed E-state index contributed by atoms with van der Waals surface area (Å²) in [7, 11) is -3.50. The van der Waals surface area contributed by atoms with E-state index in [0.29, 0.717) is 17.3 Å². The Morgan fingerprint density at radius 1 is 1.17 bits per heavy atom. The molecule has 2 unspecified atom stereocenters. The third-order valence-electron chi connectivity index (χ3n) is 4.74. The first kappa shape index (κ1) is 21.7. The summed E-state index contributed by atoms with van der Waals surface area (Å²) in [6.45, 7) is 1.68. The summed E-state index contributed by atoms with van der Waals surface area (Å²) in [6, 6.07) is 8.88. The molecule has 2 aromatic carbocycles. The van der Waals surface area contributed by atoms with E-state index in [1.807, 2.05) is 0 Å². The van der Waals surface area contributed by atoms with E-state index >= 15 is 0 Å². The summed E-state index contributed by atoms with van der Waals surface area (Å²) in [5.41, 5.74) is 0.959. The molecule has 2 aromatic rings. The number of amides is 2. The number of sulfonamides is 1. The Morgan fingerprint density at radius 3 is 2.43 bits per heavy atom. The van der Waals surface area contributed by atoms with E-state index in [-0.39, 0.29) is 18.7 Å². The molecular weight excluding hydrogens is 416 g/mol. The van der Waals surface area contributed by atoms with E-state index in [9.17, 15) is 26.8 Å². The zero-order chi connectivity index (χ0) is 22.1. The highest BCUT2D eigenvalue weighted by Crippen LogP contribution is 2.28. The second-order valence-corrected chi connectivity index (χ2v) is 8.97. The Morgan fingerprint density at radius 2 is 1.80 bits per heavy atom. The van der Waals surface area contributed by atoms with Gasteiger partial charge >= 0.3 is 0 Å². The standard InChI is InChI=1S/C20H21F2N3O4S/c1-12(17-5-3-4-6-18(17)24-30(2,28)29)23-20(27)13-7-19(26)25(11-13)16-9-14(21)8-15(22)10-16/h3-6,8-10,12-13,24H,7,11H2,1-2H3,(H,23,27). The number of anilines is 2. The van der Waals surface area contributed by atoms with Gasteiger partial charge in [-0.3, -0.25) is 14.3 Å². The predicted octanol–water partition coefficient (Wildman–Crippen LogP) is 2.57. The van der Waals surface area contributed by atoms with Crippen LogP contribution >= 0.6 is 0 Å². The van der Waals surface area contributed by atoms with Crippen molar-refractivity contribution in [1.82, 2.24) is 5.32 Å². The molecule has 1 fully saturated rings. The monoisotopic (exact) mass is 437 g/mol. The van der Waals surface area contributed by atoms with Crippen molar-refractivity contribution < 1.29 is 26.8 Å². The molecule has 7 nitrogen and oxygen atoms in total. The van der Waals surface area contributed by atoms with Gasteiger partial charge in [0.25, 0.3) is 0 Å². The second kappa shape index (κ2) is 8.39. The molecule has 0 radical (unpaired) electrons. The Labute approximate surface area is 173 Å². The fraction of sp³-hybridized carbons (Fsp3) is 0.300. The van der Waals surface area contributed by atoms with E-state index in [0.717, 1.165) is 18.4 Å². The van der Waals surface area contributed by atoms with Crippen LogP contribution in [0.5, 0.6) is 0 Å². The molecule has 0 saturated carbocycles. The highest BCUT2D eigenvalue weighted by Gasteiger charge is 2.36. The average Bonchev–Trinajstić information content (AvgIpc) is 3.02. The zero-order valence-electron chi connectivity index (χ0n) is 16.4. The zero-order valence-corrected chi connectivity index (χ0v) is 17.2. The Bertz CT molecular complexity index is 1070. The Balaban J connectivity index is 1.72. The normalized spacial score (nSPS) is 17.7. The van der Waals surface area contributed by atoms with Crippen molar-refractivity contribution in [2.24, 2.45) is 5.92 Å². The average molecular weight is 437 g/mol. The molecule has 1 aliphatic rings. The van der Waals surface area contributed by atoms with Crippen LogP contribution in [-0.4, -0.2) is 33.0 Å². The van der Waals surface area contributed by atoms with Gasteiger partial charge in [-0.05, 0) is 30.7 Å². The second-order valence-electron chi connectivity index (χ2n) is 7.22. The van der Waals surface area contributed by atoms with Crippen LogP contribution in [0.1, 0.15) is 24.9 Å². The van der Waals surface area contributed by atoms with Crippen LogP contribution in [0.15, 0.2) is 42.5 Å². The molecule has 3 rings (SSSR count). The Kier molecular flexibility index (Phi) is 6.06. The van der Waals surface area contributed by atoms with E-state index in [2.05, 4.69) is 10.0 Å². The fourth-order valence-electron chi connectivity index (χ4n) is 3.40. The van der Waals surface area contributed by atoms with Crippen molar-refractivity contribution >= 4 is 33.2 Å². The molecule has 1 aliphatic heterocycles. The first-order valence-electron chi connectivity index (χ1n) is 9.17. The van der Waals surface area contributed by atoms with Gasteiger partial charge in [0.1, 0.15) is 11.6 Å². The molecule has 0 bridgehead atoms. The van der Waals surface area contributed by atoms with Gasteiger partial charge in [0, 0.05) is 24.7 Å². The number of carbonyl (C=O) groups excluding carboxylic acids is 2. The van der Waals surface area contributed by atoms with Gasteiger partial charge in [0.05, 0.1) is 23.9 Å². The number of rotatable bonds is 6. The molecule has 0 aliphatic carbocycles. The predicted molar refractivity (Wildman–Crippen MR) is 108 cm³/mol. The molecule has 2 atom stereocenters. The van der Waals surface area contributed by atoms with E-state index in [4.69, 9.17) is 0 Å². The van der Waals surface area contributed by atoms with E-state index < -0.39 is 45.4 Å². The number of halogens is 2. The van der Waals surface area contributed by atoms with Crippen LogP contribution in [0.25, 0.3) is 0 Å². The minimum Gasteiger partial charge on any atom is -0.349 e. The first-order chi connectivity index (χ1) is 14.0. The maximum atomic E-state index is 13.5. The number of nitrogens with zero attached hydrogens (tertiary/aromatic N) is 1. The largest absolute Gasteiger partial charge is 0.349 e. The fourth-order valence-corrected chi connectivity index (χ4v) is 3.99. The number of hydrogen-bond acceptors (Lipinski definition) is 4. The SMILES string of the molecule is CC(NC(=O)C1CC(=O)N(c2cc(F)cc(F)c2)C1)c1ccccc1NS(C)(=O)=O. The highest BCUT2D eigenvalue weighted by atomic mass is 32.2. The summed E-state index contributed by atoms with van der Waals surface area (Å²) in [4.78, 5) is 26.2. The molecular formula is C20H21F2N3O4S. The molecule has 160 valence electrons. The van der Waals surface area contributed by atoms with Crippen LogP contribution in [-0.2, 0) is 19.6 Å². The smallest absolute Gasteiger partial charge is 0.229 e. The molecule has 2 amide bonds. The summed E-state index contributed by atoms with van der Waals surface area (Å²) in [6.07, 6.45) is 0.931. The summed E-state index contributed by atoms with van der Waals surface area (Å²) in [5.74, 6) is -3.15. The minimum absolute atomic E-state index is 0.0104. The number of benzene rings is 2. The van der Waals surface area contributed by atoms with Crippen LogP contribution < -0.4 is 14.9 Å². The van der Waals surface area contributed by atoms with Crippen LogP contribution in [0.4, 0.5) is 20.2 Å². The maximum Gasteiger partial charge on any atom is 0.229 e. The Hall–Kier alpha value is -3.01. The van der Waals surface area contributed by atoms with Crippen molar-refractivity contribution in [3.8, 4) is 0 Å². The van der Waals surface area contributed by atoms with Gasteiger partial charge in [0.15, 0.2) is 0 Å². The number of carbonyl (C=O) groups is 2. The van der Waals surface area contributed by atoms with Crippen molar-refractivity contribution in [2.45, 2.75) is 19.4 Å². The van der Waals surface area contributed by atoms with Crippen molar-refractivity contribution in [1.29, 1.82) is 0 Å². The summed E-state index contributed by atoms with van der Waals surface area (Å²) < 4.78 is 52.5. The lowest BCUT2D eigenvalue weighted by Crippen LogP contribution is -2.35. The van der Waals surface area contributed by atoms with Crippen molar-refractivity contribution in [2.75, 3.05) is 22.4 Å². The van der Waals surface area contributed by atoms with Crippen molar-refractivity contribution in [3.05, 3.63) is 59.7 Å². The van der Waals surface area contributed by atoms with Crippen molar-refractivity contribution in [3.63, 3.8) is 0 Å². The van der Waals surface area contributed by atoms with Gasteiger partial charge in [-0.1, -0.05) is 18.2 Å². The lowest BCUT2D eigenvalue weighted by atomic mass is 10.0. The summed E-state index contributed by atoms with van der Waals surface area (Å²) >= 11 is 0. The molecule has 2 N–H and O–H groups in total. The molecule has 1 saturated heterocycles. The van der Waals surface area contributed by atoms with E-state index in [1.54, 1.807) is 31.2 Å². The molecule has 10 heteroatoms. The van der Waals surface area contributed by atoms with Crippen LogP contribution in [0.2, 0.25) is 0 Å². The molecule has 0 spiro atoms. The highest BCUT2D eigenvalue weighted by molar-refractivity contribution is 7.92. The topological polar surface area (TPSA) is 95.6 Å². The number of hydrogen-bond donors (Lipinski definition) is 2. The third-order valence-corrected chi connectivity index (χ3v) is 5.33. The minimum atomic E-state index is -3.50. The van der Waals surface area contributed by atoms with Gasteiger partial charge in [-0.25, -0.2) is 17.2 Å². The maximum absolute atomic E-state index is 13.5. The lowest BCUT2D eigenvalue weighted by molar-refractivity contribution is -0.126. The van der Waals surface area contributed by atoms with Crippen LogP contribution in [0.3, 0.4) is 0 Å². The number of nitrogens with one attached hydrogen (secondary N) is 2. The van der Waals surface area contributed by atoms with Gasteiger partial charge in [0.2, 0.25) is 21.8 Å². The van der Waals surface area contributed by atoms with E-state index in [1.165, 1.54) is 4.90 Å². The first-order valence-corrected chi connectivity index (χ1v) is 11.1. The molecule has 30 heavy (non-hydrogen) atoms. The quantitative estimate of drug-likeness (QED) is 0.726. The third kappa shape index (κ3) is 5.12. The lowest BCUT2D eigenvalue weighted by Gasteiger charge is -2.21.